The molecule has 0 saturated heterocycles. The molecule has 1 amide bonds. The molecule has 2 rings (SSSR count). The van der Waals surface area contributed by atoms with Crippen LogP contribution in [-0.2, 0) is 0 Å². The van der Waals surface area contributed by atoms with Crippen LogP contribution in [0.5, 0.6) is 0 Å². The van der Waals surface area contributed by atoms with E-state index in [0.717, 1.165) is 6.42 Å². The molecule has 0 bridgehead atoms. The number of nitrogens with two attached hydrogens (primary N) is 1. The number of carbonyl (C=O) groups is 1. The normalized spacial score (nSPS) is 15.6. The molecule has 6 heteroatoms. The molecule has 0 aliphatic heterocycles. The van der Waals surface area contributed by atoms with Crippen molar-refractivity contribution in [2.45, 2.75) is 44.6 Å². The number of rotatable bonds is 6. The van der Waals surface area contributed by atoms with E-state index in [1.807, 2.05) is 18.2 Å². The zero-order valence-corrected chi connectivity index (χ0v) is 15.8. The Bertz CT molecular complexity index is 487. The fraction of sp³-hybridized carbons (Fsp3) is 0.529. The van der Waals surface area contributed by atoms with E-state index < -0.39 is 0 Å². The van der Waals surface area contributed by atoms with Crippen molar-refractivity contribution in [3.63, 3.8) is 0 Å². The summed E-state index contributed by atoms with van der Waals surface area (Å²) in [6, 6.07) is 9.70. The molecule has 0 aromatic heterocycles. The highest BCUT2D eigenvalue weighted by atomic mass is 127. The number of carbonyl (C=O) groups excluding carboxylic acids is 1. The van der Waals surface area contributed by atoms with Gasteiger partial charge in [0.25, 0.3) is 5.91 Å². The van der Waals surface area contributed by atoms with Gasteiger partial charge in [-0.05, 0) is 31.4 Å². The Kier molecular flexibility index (Phi) is 9.66. The average Bonchev–Trinajstić information content (AvgIpc) is 2.56. The second-order valence-electron chi connectivity index (χ2n) is 5.72. The molecule has 1 aromatic rings. The van der Waals surface area contributed by atoms with Gasteiger partial charge in [0.05, 0.1) is 0 Å². The van der Waals surface area contributed by atoms with Crippen LogP contribution in [0.3, 0.4) is 0 Å². The van der Waals surface area contributed by atoms with Gasteiger partial charge < -0.3 is 16.4 Å². The van der Waals surface area contributed by atoms with Crippen LogP contribution in [0.25, 0.3) is 0 Å². The molecule has 0 heterocycles. The maximum absolute atomic E-state index is 11.8. The van der Waals surface area contributed by atoms with Crippen molar-refractivity contribution < 1.29 is 4.79 Å². The molecule has 128 valence electrons. The van der Waals surface area contributed by atoms with Crippen molar-refractivity contribution in [3.05, 3.63) is 35.9 Å². The number of hydrogen-bond acceptors (Lipinski definition) is 2. The molecule has 0 unspecified atom stereocenters. The number of nitrogens with one attached hydrogen (secondary N) is 2. The molecule has 1 aromatic carbocycles. The summed E-state index contributed by atoms with van der Waals surface area (Å²) in [7, 11) is 0. The summed E-state index contributed by atoms with van der Waals surface area (Å²) >= 11 is 0. The average molecular weight is 430 g/mol. The summed E-state index contributed by atoms with van der Waals surface area (Å²) in [5, 5.41) is 6.17. The first-order valence-electron chi connectivity index (χ1n) is 8.15. The summed E-state index contributed by atoms with van der Waals surface area (Å²) in [6.45, 7) is 1.23. The van der Waals surface area contributed by atoms with Crippen LogP contribution < -0.4 is 16.4 Å². The number of aliphatic imine (C=N–C) groups is 1. The molecule has 1 saturated carbocycles. The van der Waals surface area contributed by atoms with Gasteiger partial charge in [0.2, 0.25) is 0 Å². The van der Waals surface area contributed by atoms with Crippen molar-refractivity contribution in [1.29, 1.82) is 0 Å². The molecule has 0 atom stereocenters. The van der Waals surface area contributed by atoms with Crippen LogP contribution in [0.1, 0.15) is 48.9 Å². The van der Waals surface area contributed by atoms with Gasteiger partial charge in [-0.15, -0.1) is 24.0 Å². The van der Waals surface area contributed by atoms with E-state index in [1.54, 1.807) is 12.1 Å². The van der Waals surface area contributed by atoms with Crippen molar-refractivity contribution >= 4 is 35.8 Å². The van der Waals surface area contributed by atoms with Crippen LogP contribution in [-0.4, -0.2) is 31.0 Å². The third kappa shape index (κ3) is 7.67. The predicted molar refractivity (Wildman–Crippen MR) is 105 cm³/mol. The van der Waals surface area contributed by atoms with Crippen molar-refractivity contribution in [2.24, 2.45) is 10.7 Å². The van der Waals surface area contributed by atoms with E-state index in [2.05, 4.69) is 15.6 Å². The number of hydrogen-bond donors (Lipinski definition) is 3. The lowest BCUT2D eigenvalue weighted by molar-refractivity contribution is 0.0953. The topological polar surface area (TPSA) is 79.5 Å². The fourth-order valence-electron chi connectivity index (χ4n) is 2.67. The van der Waals surface area contributed by atoms with Crippen LogP contribution >= 0.6 is 24.0 Å². The summed E-state index contributed by atoms with van der Waals surface area (Å²) in [6.07, 6.45) is 7.03. The van der Waals surface area contributed by atoms with Gasteiger partial charge in [-0.1, -0.05) is 37.5 Å². The Morgan fingerprint density at radius 3 is 2.57 bits per heavy atom. The van der Waals surface area contributed by atoms with E-state index in [-0.39, 0.29) is 29.9 Å². The first-order valence-corrected chi connectivity index (χ1v) is 8.15. The van der Waals surface area contributed by atoms with Gasteiger partial charge in [0, 0.05) is 24.7 Å². The number of guanidine groups is 1. The monoisotopic (exact) mass is 430 g/mol. The molecule has 0 spiro atoms. The summed E-state index contributed by atoms with van der Waals surface area (Å²) < 4.78 is 0. The highest BCUT2D eigenvalue weighted by molar-refractivity contribution is 14.0. The van der Waals surface area contributed by atoms with Crippen LogP contribution in [0.4, 0.5) is 0 Å². The largest absolute Gasteiger partial charge is 0.370 e. The second kappa shape index (κ2) is 11.3. The summed E-state index contributed by atoms with van der Waals surface area (Å²) in [4.78, 5) is 16.1. The van der Waals surface area contributed by atoms with Crippen LogP contribution in [0, 0.1) is 0 Å². The zero-order chi connectivity index (χ0) is 15.6. The second-order valence-corrected chi connectivity index (χ2v) is 5.72. The first kappa shape index (κ1) is 19.7. The predicted octanol–water partition coefficient (Wildman–Crippen LogP) is 2.66. The minimum absolute atomic E-state index is 0. The number of benzene rings is 1. The molecule has 5 nitrogen and oxygen atoms in total. The fourth-order valence-corrected chi connectivity index (χ4v) is 2.67. The standard InChI is InChI=1S/C17H26N4O.HI/c18-17(21-15-10-5-2-6-11-15)20-13-7-12-19-16(22)14-8-3-1-4-9-14;/h1,3-4,8-9,15H,2,5-7,10-13H2,(H,19,22)(H3,18,20,21);1H. The lowest BCUT2D eigenvalue weighted by Gasteiger charge is -2.23. The maximum atomic E-state index is 11.8. The summed E-state index contributed by atoms with van der Waals surface area (Å²) in [5.41, 5.74) is 6.57. The summed E-state index contributed by atoms with van der Waals surface area (Å²) in [5.74, 6) is 0.485. The molecular formula is C17H27IN4O. The molecule has 23 heavy (non-hydrogen) atoms. The van der Waals surface area contributed by atoms with Crippen molar-refractivity contribution in [2.75, 3.05) is 13.1 Å². The Labute approximate surface area is 155 Å². The van der Waals surface area contributed by atoms with E-state index in [0.29, 0.717) is 30.7 Å². The van der Waals surface area contributed by atoms with Gasteiger partial charge >= 0.3 is 0 Å². The molecule has 1 fully saturated rings. The van der Waals surface area contributed by atoms with Gasteiger partial charge in [0.15, 0.2) is 5.96 Å². The Morgan fingerprint density at radius 2 is 1.87 bits per heavy atom. The van der Waals surface area contributed by atoms with E-state index in [4.69, 9.17) is 5.73 Å². The molecular weight excluding hydrogens is 403 g/mol. The SMILES string of the molecule is I.NC(=NCCCNC(=O)c1ccccc1)NC1CCCCC1. The van der Waals surface area contributed by atoms with E-state index >= 15 is 0 Å². The quantitative estimate of drug-likeness (QED) is 0.281. The highest BCUT2D eigenvalue weighted by Gasteiger charge is 2.13. The smallest absolute Gasteiger partial charge is 0.251 e. The third-order valence-corrected chi connectivity index (χ3v) is 3.90. The third-order valence-electron chi connectivity index (χ3n) is 3.90. The first-order chi connectivity index (χ1) is 10.8. The minimum Gasteiger partial charge on any atom is -0.370 e. The number of halogens is 1. The number of amides is 1. The van der Waals surface area contributed by atoms with Gasteiger partial charge in [0.1, 0.15) is 0 Å². The van der Waals surface area contributed by atoms with Crippen molar-refractivity contribution in [1.82, 2.24) is 10.6 Å². The number of nitrogens with zero attached hydrogens (tertiary/aromatic N) is 1. The molecule has 0 radical (unpaired) electrons. The van der Waals surface area contributed by atoms with Gasteiger partial charge in [-0.3, -0.25) is 9.79 Å². The zero-order valence-electron chi connectivity index (χ0n) is 13.5. The van der Waals surface area contributed by atoms with Gasteiger partial charge in [-0.2, -0.15) is 0 Å². The van der Waals surface area contributed by atoms with Crippen LogP contribution in [0.2, 0.25) is 0 Å². The van der Waals surface area contributed by atoms with Gasteiger partial charge in [-0.25, -0.2) is 0 Å². The molecule has 1 aliphatic carbocycles. The maximum Gasteiger partial charge on any atom is 0.251 e. The lowest BCUT2D eigenvalue weighted by Crippen LogP contribution is -2.41. The molecule has 4 N–H and O–H groups in total. The molecule has 1 aliphatic rings. The van der Waals surface area contributed by atoms with E-state index in [9.17, 15) is 4.79 Å². The van der Waals surface area contributed by atoms with Crippen LogP contribution in [0.15, 0.2) is 35.3 Å². The Balaban J connectivity index is 0.00000264. The highest BCUT2D eigenvalue weighted by Crippen LogP contribution is 2.16. The minimum atomic E-state index is -0.0436. The van der Waals surface area contributed by atoms with E-state index in [1.165, 1.54) is 32.1 Å². The Hall–Kier alpha value is -1.31. The lowest BCUT2D eigenvalue weighted by atomic mass is 9.96. The van der Waals surface area contributed by atoms with Crippen molar-refractivity contribution in [3.8, 4) is 0 Å². The Morgan fingerprint density at radius 1 is 1.17 bits per heavy atom.